The van der Waals surface area contributed by atoms with Crippen LogP contribution in [-0.2, 0) is 6.42 Å². The van der Waals surface area contributed by atoms with E-state index in [0.717, 1.165) is 80.2 Å². The number of hydrogen-bond acceptors (Lipinski definition) is 16. The van der Waals surface area contributed by atoms with Crippen LogP contribution in [0, 0.1) is 27.7 Å². The fraction of sp³-hybridized carbons (Fsp3) is 0.532. The highest BCUT2D eigenvalue weighted by atomic mass is 32.2. The molecule has 4 aromatic heterocycles. The van der Waals surface area contributed by atoms with Crippen molar-refractivity contribution in [1.82, 2.24) is 19.9 Å². The zero-order chi connectivity index (χ0) is 77.9. The van der Waals surface area contributed by atoms with Gasteiger partial charge in [0.05, 0.1) is 43.6 Å². The number of benzene rings is 6. The largest absolute Gasteiger partial charge is 0.397 e. The van der Waals surface area contributed by atoms with Crippen LogP contribution < -0.4 is 22.5 Å². The Kier molecular flexibility index (Phi) is 45.8. The number of fused-ring (bicyclic) bond motifs is 4. The van der Waals surface area contributed by atoms with Gasteiger partial charge in [0.25, 0.3) is 20.9 Å². The normalized spacial score (nSPS) is 11.3. The van der Waals surface area contributed by atoms with E-state index in [4.69, 9.17) is 17.7 Å². The van der Waals surface area contributed by atoms with Crippen LogP contribution in [0.2, 0.25) is 0 Å². The second-order valence-electron chi connectivity index (χ2n) is 29.8. The molecule has 0 amide bonds. The standard InChI is InChI=1S/C29H47NO2S.C25H31NO2S.C25H39NO2S.C15H11NO2S/c1-3-4-5-6-7-8-9-10-11-12-13-14-15-16-17-18-19-20-23-33-29-30-27-22-21-25(2)24-26(27)28(31)32-29;1-20-16-17-23-22(19-20)24(27)28-25(26-23)29-18-12-7-5-3-2-4-6-9-13-21-14-10-8-11-15-21;1-3-4-5-6-7-8-9-10-11-12-13-14-15-16-19-29-25-26-23-18-17-21(2)20-22(23)24(27)28-25;1-10-7-8-13-12(9-10)14(17)18-15(16-13)19-11-5-3-2-4-6-11/h21-22,24H,3-20,23H2,1-2H3;8,10-11,14-17,19H,2-7,9,12-13,18H2,1H3;17-18,20H,3-16,19H2,1-2H3;2-9H,1H3. The predicted molar refractivity (Wildman–Crippen MR) is 469 cm³/mol. The highest BCUT2D eigenvalue weighted by molar-refractivity contribution is 7.99. The van der Waals surface area contributed by atoms with Crippen molar-refractivity contribution in [2.75, 3.05) is 17.3 Å². The first-order chi connectivity index (χ1) is 53.8. The Balaban J connectivity index is 0.000000207. The molecule has 12 nitrogen and oxygen atoms in total. The number of unbranched alkanes of at least 4 members (excludes halogenated alkanes) is 37. The van der Waals surface area contributed by atoms with E-state index in [0.29, 0.717) is 48.0 Å². The maximum absolute atomic E-state index is 12.1. The summed E-state index contributed by atoms with van der Waals surface area (Å²) in [5.41, 5.74) is 7.30. The van der Waals surface area contributed by atoms with Crippen LogP contribution in [0.25, 0.3) is 43.6 Å². The summed E-state index contributed by atoms with van der Waals surface area (Å²) in [5, 5.41) is 4.11. The van der Waals surface area contributed by atoms with Crippen molar-refractivity contribution in [2.24, 2.45) is 0 Å². The van der Waals surface area contributed by atoms with Crippen molar-refractivity contribution in [3.63, 3.8) is 0 Å². The Bertz CT molecular complexity index is 4410. The molecule has 0 spiro atoms. The molecule has 10 aromatic rings. The van der Waals surface area contributed by atoms with E-state index in [1.807, 2.05) is 125 Å². The van der Waals surface area contributed by atoms with Crippen LogP contribution >= 0.6 is 47.0 Å². The van der Waals surface area contributed by atoms with Crippen molar-refractivity contribution in [3.05, 3.63) is 203 Å². The maximum atomic E-state index is 12.1. The molecule has 0 N–H and O–H groups in total. The van der Waals surface area contributed by atoms with Gasteiger partial charge in [0.1, 0.15) is 0 Å². The van der Waals surface area contributed by atoms with E-state index in [-0.39, 0.29) is 22.5 Å². The number of aryl methyl sites for hydroxylation is 5. The van der Waals surface area contributed by atoms with Crippen LogP contribution in [-0.4, -0.2) is 37.2 Å². The summed E-state index contributed by atoms with van der Waals surface area (Å²) in [6.07, 6.45) is 55.7. The van der Waals surface area contributed by atoms with E-state index in [2.05, 4.69) is 64.1 Å². The summed E-state index contributed by atoms with van der Waals surface area (Å²) in [5.74, 6) is 2.88. The molecule has 0 fully saturated rings. The first kappa shape index (κ1) is 90.5. The molecule has 596 valence electrons. The van der Waals surface area contributed by atoms with Gasteiger partial charge >= 0.3 is 22.5 Å². The summed E-state index contributed by atoms with van der Waals surface area (Å²) in [4.78, 5) is 67.0. The lowest BCUT2D eigenvalue weighted by atomic mass is 10.0. The minimum absolute atomic E-state index is 0.274. The van der Waals surface area contributed by atoms with Crippen molar-refractivity contribution in [2.45, 2.75) is 331 Å². The molecule has 0 aliphatic heterocycles. The van der Waals surface area contributed by atoms with E-state index >= 15 is 0 Å². The van der Waals surface area contributed by atoms with Gasteiger partial charge in [-0.25, -0.2) is 39.1 Å². The van der Waals surface area contributed by atoms with Crippen molar-refractivity contribution in [1.29, 1.82) is 0 Å². The van der Waals surface area contributed by atoms with E-state index in [1.165, 1.54) is 261 Å². The minimum atomic E-state index is -0.341. The molecule has 10 rings (SSSR count). The van der Waals surface area contributed by atoms with Crippen LogP contribution in [0.15, 0.2) is 196 Å². The van der Waals surface area contributed by atoms with Gasteiger partial charge in [-0.3, -0.25) is 0 Å². The number of thioether (sulfide) groups is 3. The Morgan fingerprint density at radius 1 is 0.264 bits per heavy atom. The fourth-order valence-electron chi connectivity index (χ4n) is 13.4. The molecule has 0 unspecified atom stereocenters. The zero-order valence-electron chi connectivity index (χ0n) is 67.5. The molecule has 0 saturated heterocycles. The summed E-state index contributed by atoms with van der Waals surface area (Å²) in [6, 6.07) is 43.2. The van der Waals surface area contributed by atoms with Crippen molar-refractivity contribution in [3.8, 4) is 0 Å². The molecule has 0 bridgehead atoms. The maximum Gasteiger partial charge on any atom is 0.347 e. The zero-order valence-corrected chi connectivity index (χ0v) is 70.8. The summed E-state index contributed by atoms with van der Waals surface area (Å²) < 4.78 is 21.3. The van der Waals surface area contributed by atoms with Gasteiger partial charge in [0, 0.05) is 22.2 Å². The lowest BCUT2D eigenvalue weighted by Crippen LogP contribution is -2.02. The van der Waals surface area contributed by atoms with E-state index in [1.54, 1.807) is 41.4 Å². The second-order valence-corrected chi connectivity index (χ2v) is 33.9. The first-order valence-electron chi connectivity index (χ1n) is 42.2. The third kappa shape index (κ3) is 37.3. The van der Waals surface area contributed by atoms with Gasteiger partial charge in [-0.15, -0.1) is 0 Å². The second kappa shape index (κ2) is 55.7. The number of aromatic nitrogens is 4. The highest BCUT2D eigenvalue weighted by Gasteiger charge is 2.13. The monoisotopic (exact) mass is 1570 g/mol. The molecule has 0 radical (unpaired) electrons. The Morgan fingerprint density at radius 2 is 0.500 bits per heavy atom. The molecule has 4 heterocycles. The SMILES string of the molecule is CCCCCCCCCCCCCCCCCCCCSc1nc2ccc(C)cc2c(=O)o1.CCCCCCCCCCCCCCCCSc1nc2ccc(C)cc2c(=O)o1.Cc1ccc2nc(SCCCCCCCCCCc3ccccc3)oc(=O)c2c1.Cc1ccc2nc(Sc3ccccc3)oc(=O)c2c1. The van der Waals surface area contributed by atoms with E-state index in [9.17, 15) is 19.2 Å². The van der Waals surface area contributed by atoms with Gasteiger partial charge in [-0.2, -0.15) is 0 Å². The topological polar surface area (TPSA) is 172 Å². The van der Waals surface area contributed by atoms with Gasteiger partial charge < -0.3 is 17.7 Å². The van der Waals surface area contributed by atoms with Gasteiger partial charge in [0.2, 0.25) is 0 Å². The Morgan fingerprint density at radius 3 is 0.782 bits per heavy atom. The Hall–Kier alpha value is -6.72. The van der Waals surface area contributed by atoms with Crippen molar-refractivity contribution < 1.29 is 17.7 Å². The number of hydrogen-bond donors (Lipinski definition) is 0. The van der Waals surface area contributed by atoms with Crippen LogP contribution in [0.1, 0.15) is 298 Å². The molecule has 16 heteroatoms. The third-order valence-electron chi connectivity index (χ3n) is 19.9. The summed E-state index contributed by atoms with van der Waals surface area (Å²) >= 11 is 6.02. The average molecular weight is 1570 g/mol. The molecule has 0 atom stereocenters. The lowest BCUT2D eigenvalue weighted by Gasteiger charge is -2.04. The quantitative estimate of drug-likeness (QED) is 0.0260. The number of rotatable bonds is 50. The fourth-order valence-corrected chi connectivity index (χ4v) is 16.6. The first-order valence-corrected chi connectivity index (χ1v) is 45.9. The molecule has 0 aliphatic carbocycles. The van der Waals surface area contributed by atoms with E-state index < -0.39 is 0 Å². The van der Waals surface area contributed by atoms with Gasteiger partial charge in [-0.05, 0) is 138 Å². The lowest BCUT2D eigenvalue weighted by molar-refractivity contribution is 0.401. The Labute approximate surface area is 674 Å². The predicted octanol–water partition coefficient (Wildman–Crippen LogP) is 28.3. The molecular weight excluding hydrogens is 1440 g/mol. The van der Waals surface area contributed by atoms with Gasteiger partial charge in [-0.1, -0.05) is 375 Å². The van der Waals surface area contributed by atoms with Crippen molar-refractivity contribution >= 4 is 90.7 Å². The summed E-state index contributed by atoms with van der Waals surface area (Å²) in [7, 11) is 0. The highest BCUT2D eigenvalue weighted by Crippen LogP contribution is 2.28. The number of nitrogens with zero attached hydrogens (tertiary/aromatic N) is 4. The van der Waals surface area contributed by atoms with Crippen LogP contribution in [0.4, 0.5) is 0 Å². The van der Waals surface area contributed by atoms with Crippen LogP contribution in [0.3, 0.4) is 0 Å². The van der Waals surface area contributed by atoms with Gasteiger partial charge in [0.15, 0.2) is 0 Å². The minimum Gasteiger partial charge on any atom is -0.397 e. The molecule has 6 aromatic carbocycles. The van der Waals surface area contributed by atoms with Crippen LogP contribution in [0.5, 0.6) is 0 Å². The molecular formula is C94H128N4O8S4. The summed E-state index contributed by atoms with van der Waals surface area (Å²) in [6.45, 7) is 12.4. The smallest absolute Gasteiger partial charge is 0.347 e. The molecule has 0 aliphatic rings. The molecule has 0 saturated carbocycles. The average Bonchev–Trinajstić information content (AvgIpc) is 0.833. The molecule has 110 heavy (non-hydrogen) atoms. The third-order valence-corrected chi connectivity index (χ3v) is 23.5.